The number of nitrogens with zero attached hydrogens (tertiary/aromatic N) is 1. The Morgan fingerprint density at radius 2 is 0.963 bits per heavy atom. The van der Waals surface area contributed by atoms with Crippen LogP contribution in [0.4, 0.5) is 0 Å². The van der Waals surface area contributed by atoms with Crippen molar-refractivity contribution in [3.05, 3.63) is 0 Å². The molecule has 1 radical (unpaired) electrons. The fourth-order valence-corrected chi connectivity index (χ4v) is 8.27. The van der Waals surface area contributed by atoms with Crippen LogP contribution in [0.1, 0.15) is 67.2 Å². The number of rotatable bonds is 17. The summed E-state index contributed by atoms with van der Waals surface area (Å²) < 4.78 is 49.6. The van der Waals surface area contributed by atoms with Crippen LogP contribution >= 0.6 is 15.2 Å². The second-order valence-corrected chi connectivity index (χ2v) is 10.4. The van der Waals surface area contributed by atoms with Crippen molar-refractivity contribution >= 4 is 44.7 Å². The number of hydrogen-bond donors (Lipinski definition) is 0. The van der Waals surface area contributed by atoms with Crippen LogP contribution in [0.2, 0.25) is 0 Å². The van der Waals surface area contributed by atoms with E-state index in [4.69, 9.17) is 18.1 Å². The van der Waals surface area contributed by atoms with Crippen molar-refractivity contribution in [1.29, 1.82) is 0 Å². The quantitative estimate of drug-likeness (QED) is 0.225. The molecule has 0 fully saturated rings. The van der Waals surface area contributed by atoms with E-state index in [0.29, 0.717) is 13.1 Å². The molecular formula is C17H39NNaO6P2. The van der Waals surface area contributed by atoms with Crippen LogP contribution in [0.25, 0.3) is 0 Å². The van der Waals surface area contributed by atoms with Gasteiger partial charge in [-0.25, -0.2) is 0 Å². The maximum atomic E-state index is 13.7. The van der Waals surface area contributed by atoms with E-state index in [1.54, 1.807) is 27.7 Å². The monoisotopic (exact) mass is 438 g/mol. The molecule has 0 bridgehead atoms. The standard InChI is InChI=1S/C17H39NO6P2.Na/c1-7-13-15-18(16-14-8-2)17(25(19,21-9-3)22-10-4)26(20,23-11-5)24-12-6;/h17H,7-16H2,1-6H3;. The van der Waals surface area contributed by atoms with Crippen molar-refractivity contribution in [2.45, 2.75) is 72.7 Å². The molecular weight excluding hydrogens is 399 g/mol. The van der Waals surface area contributed by atoms with Crippen LogP contribution < -0.4 is 0 Å². The zero-order valence-electron chi connectivity index (χ0n) is 18.4. The van der Waals surface area contributed by atoms with E-state index in [9.17, 15) is 9.13 Å². The Labute approximate surface area is 188 Å². The van der Waals surface area contributed by atoms with Crippen molar-refractivity contribution in [2.24, 2.45) is 0 Å². The molecule has 7 nitrogen and oxygen atoms in total. The summed E-state index contributed by atoms with van der Waals surface area (Å²) in [4.78, 5) is 1.94. The molecule has 0 aliphatic rings. The fourth-order valence-electron chi connectivity index (χ4n) is 2.70. The van der Waals surface area contributed by atoms with E-state index in [0.717, 1.165) is 25.7 Å². The van der Waals surface area contributed by atoms with Gasteiger partial charge in [0.2, 0.25) is 5.52 Å². The van der Waals surface area contributed by atoms with E-state index in [1.807, 2.05) is 4.90 Å². The van der Waals surface area contributed by atoms with Crippen LogP contribution in [0.3, 0.4) is 0 Å². The molecule has 159 valence electrons. The first-order chi connectivity index (χ1) is 12.4. The van der Waals surface area contributed by atoms with Gasteiger partial charge in [-0.2, -0.15) is 0 Å². The summed E-state index contributed by atoms with van der Waals surface area (Å²) in [6.45, 7) is 13.2. The summed E-state index contributed by atoms with van der Waals surface area (Å²) in [5.41, 5.74) is -1.05. The third-order valence-corrected chi connectivity index (χ3v) is 9.68. The largest absolute Gasteiger partial charge is 0.360 e. The molecule has 0 heterocycles. The van der Waals surface area contributed by atoms with Gasteiger partial charge in [-0.1, -0.05) is 26.7 Å². The van der Waals surface area contributed by atoms with Crippen LogP contribution in [0, 0.1) is 0 Å². The van der Waals surface area contributed by atoms with Crippen LogP contribution in [0.15, 0.2) is 0 Å². The maximum Gasteiger partial charge on any atom is 0.360 e. The molecule has 10 heteroatoms. The van der Waals surface area contributed by atoms with Crippen molar-refractivity contribution < 1.29 is 27.2 Å². The first-order valence-electron chi connectivity index (χ1n) is 9.90. The summed E-state index contributed by atoms with van der Waals surface area (Å²) in [5, 5.41) is 0. The van der Waals surface area contributed by atoms with E-state index in [1.165, 1.54) is 0 Å². The topological polar surface area (TPSA) is 74.3 Å². The molecule has 0 atom stereocenters. The predicted molar refractivity (Wildman–Crippen MR) is 113 cm³/mol. The molecule has 0 unspecified atom stereocenters. The minimum Gasteiger partial charge on any atom is -0.307 e. The Bertz CT molecular complexity index is 397. The van der Waals surface area contributed by atoms with E-state index in [-0.39, 0.29) is 56.0 Å². The summed E-state index contributed by atoms with van der Waals surface area (Å²) >= 11 is 0. The van der Waals surface area contributed by atoms with Crippen molar-refractivity contribution in [1.82, 2.24) is 4.90 Å². The number of hydrogen-bond acceptors (Lipinski definition) is 7. The second kappa shape index (κ2) is 17.0. The summed E-state index contributed by atoms with van der Waals surface area (Å²) in [6, 6.07) is 0. The predicted octanol–water partition coefficient (Wildman–Crippen LogP) is 5.32. The molecule has 0 spiro atoms. The first-order valence-corrected chi connectivity index (χ1v) is 13.1. The zero-order chi connectivity index (χ0) is 20.1. The minimum absolute atomic E-state index is 0. The minimum atomic E-state index is -3.73. The Balaban J connectivity index is 0. The Kier molecular flexibility index (Phi) is 19.2. The summed E-state index contributed by atoms with van der Waals surface area (Å²) in [6.07, 6.45) is 3.71. The molecule has 27 heavy (non-hydrogen) atoms. The van der Waals surface area contributed by atoms with Gasteiger partial charge >= 0.3 is 15.2 Å². The van der Waals surface area contributed by atoms with E-state index in [2.05, 4.69) is 13.8 Å². The molecule has 0 N–H and O–H groups in total. The molecule has 0 aromatic heterocycles. The Morgan fingerprint density at radius 3 is 1.19 bits per heavy atom. The van der Waals surface area contributed by atoms with Crippen molar-refractivity contribution in [3.63, 3.8) is 0 Å². The van der Waals surface area contributed by atoms with Crippen molar-refractivity contribution in [3.8, 4) is 0 Å². The van der Waals surface area contributed by atoms with Gasteiger partial charge in [0, 0.05) is 29.6 Å². The van der Waals surface area contributed by atoms with E-state index < -0.39 is 20.7 Å². The smallest absolute Gasteiger partial charge is 0.307 e. The van der Waals surface area contributed by atoms with Crippen LogP contribution in [-0.2, 0) is 27.2 Å². The zero-order valence-corrected chi connectivity index (χ0v) is 22.2. The SMILES string of the molecule is CCCCN(CCCC)C(P(=O)(OCC)OCC)P(=O)(OCC)OCC.[Na]. The normalized spacial score (nSPS) is 12.6. The molecule has 0 aliphatic carbocycles. The van der Waals surface area contributed by atoms with Gasteiger partial charge in [0.25, 0.3) is 0 Å². The number of unbranched alkanes of at least 4 members (excludes halogenated alkanes) is 2. The van der Waals surface area contributed by atoms with Crippen molar-refractivity contribution in [2.75, 3.05) is 39.5 Å². The summed E-state index contributed by atoms with van der Waals surface area (Å²) in [7, 11) is -7.47. The molecule has 0 aromatic carbocycles. The molecule has 0 saturated carbocycles. The molecule has 0 rings (SSSR count). The summed E-state index contributed by atoms with van der Waals surface area (Å²) in [5.74, 6) is 0. The van der Waals surface area contributed by atoms with Gasteiger partial charge in [0.1, 0.15) is 0 Å². The third kappa shape index (κ3) is 10.2. The van der Waals surface area contributed by atoms with Crippen LogP contribution in [-0.4, -0.2) is 79.5 Å². The maximum absolute atomic E-state index is 13.7. The fraction of sp³-hybridized carbons (Fsp3) is 1.00. The molecule has 0 aliphatic heterocycles. The molecule has 0 amide bonds. The Hall–Kier alpha value is 1.26. The third-order valence-electron chi connectivity index (χ3n) is 3.73. The first kappa shape index (κ1) is 30.5. The van der Waals surface area contributed by atoms with Gasteiger partial charge in [-0.3, -0.25) is 14.0 Å². The Morgan fingerprint density at radius 1 is 0.667 bits per heavy atom. The van der Waals surface area contributed by atoms with Gasteiger partial charge in [0.05, 0.1) is 26.4 Å². The second-order valence-electron chi connectivity index (χ2n) is 5.84. The molecule has 0 saturated heterocycles. The average Bonchev–Trinajstić information content (AvgIpc) is 2.57. The van der Waals surface area contributed by atoms with Crippen LogP contribution in [0.5, 0.6) is 0 Å². The molecule has 0 aromatic rings. The van der Waals surface area contributed by atoms with Gasteiger partial charge in [-0.15, -0.1) is 0 Å². The van der Waals surface area contributed by atoms with E-state index >= 15 is 0 Å². The van der Waals surface area contributed by atoms with Gasteiger partial charge in [-0.05, 0) is 53.6 Å². The average molecular weight is 438 g/mol. The van der Waals surface area contributed by atoms with Gasteiger partial charge < -0.3 is 18.1 Å². The van der Waals surface area contributed by atoms with Gasteiger partial charge in [0.15, 0.2) is 0 Å².